The summed E-state index contributed by atoms with van der Waals surface area (Å²) in [5.41, 5.74) is 1.04. The lowest BCUT2D eigenvalue weighted by Gasteiger charge is -2.12. The van der Waals surface area contributed by atoms with Gasteiger partial charge in [-0.05, 0) is 12.0 Å². The largest absolute Gasteiger partial charge is 0.391 e. The minimum absolute atomic E-state index is 0.188. The molecule has 1 amide bonds. The number of halogens is 2. The molecule has 0 radical (unpaired) electrons. The van der Waals surface area contributed by atoms with Gasteiger partial charge in [0.2, 0.25) is 5.91 Å². The third kappa shape index (κ3) is 3.61. The van der Waals surface area contributed by atoms with Gasteiger partial charge in [0.05, 0.1) is 12.0 Å². The molecule has 2 rings (SSSR count). The molecule has 1 fully saturated rings. The summed E-state index contributed by atoms with van der Waals surface area (Å²) in [7, 11) is 0. The van der Waals surface area contributed by atoms with Crippen LogP contribution in [0.5, 0.6) is 0 Å². The van der Waals surface area contributed by atoms with Gasteiger partial charge in [0.25, 0.3) is 0 Å². The number of rotatable bonds is 5. The molecule has 18 heavy (non-hydrogen) atoms. The first-order valence-electron chi connectivity index (χ1n) is 5.86. The number of hydrogen-bond donors (Lipinski definition) is 2. The van der Waals surface area contributed by atoms with E-state index in [-0.39, 0.29) is 18.4 Å². The first-order valence-corrected chi connectivity index (χ1v) is 6.62. The van der Waals surface area contributed by atoms with Crippen LogP contribution in [0.4, 0.5) is 0 Å². The van der Waals surface area contributed by atoms with Crippen LogP contribution in [0.3, 0.4) is 0 Å². The molecule has 1 aliphatic rings. The van der Waals surface area contributed by atoms with Gasteiger partial charge >= 0.3 is 0 Å². The molecular weight excluding hydrogens is 273 g/mol. The molecule has 0 saturated heterocycles. The fourth-order valence-corrected chi connectivity index (χ4v) is 2.30. The molecule has 1 aromatic carbocycles. The minimum atomic E-state index is -0.908. The minimum Gasteiger partial charge on any atom is -0.391 e. The highest BCUT2D eigenvalue weighted by Crippen LogP contribution is 2.53. The van der Waals surface area contributed by atoms with Crippen molar-refractivity contribution < 1.29 is 9.90 Å². The smallest absolute Gasteiger partial charge is 0.226 e. The third-order valence-corrected chi connectivity index (χ3v) is 3.80. The number of carbonyl (C=O) groups is 1. The SMILES string of the molecule is O=C(NCC(O)Cc1ccccc1)C1CC1(Cl)Cl. The molecule has 0 spiro atoms. The van der Waals surface area contributed by atoms with Crippen molar-refractivity contribution in [2.75, 3.05) is 6.54 Å². The molecule has 98 valence electrons. The Kier molecular flexibility index (Phi) is 4.15. The summed E-state index contributed by atoms with van der Waals surface area (Å²) in [5.74, 6) is -0.531. The van der Waals surface area contributed by atoms with Crippen molar-refractivity contribution >= 4 is 29.1 Å². The van der Waals surface area contributed by atoms with Crippen LogP contribution < -0.4 is 5.32 Å². The highest BCUT2D eigenvalue weighted by atomic mass is 35.5. The molecule has 1 aromatic rings. The maximum absolute atomic E-state index is 11.6. The van der Waals surface area contributed by atoms with E-state index < -0.39 is 10.4 Å². The van der Waals surface area contributed by atoms with Gasteiger partial charge in [-0.1, -0.05) is 30.3 Å². The number of amides is 1. The van der Waals surface area contributed by atoms with Gasteiger partial charge in [-0.15, -0.1) is 23.2 Å². The maximum Gasteiger partial charge on any atom is 0.226 e. The Balaban J connectivity index is 1.72. The Morgan fingerprint density at radius 3 is 2.61 bits per heavy atom. The third-order valence-electron chi connectivity index (χ3n) is 2.97. The van der Waals surface area contributed by atoms with E-state index in [4.69, 9.17) is 23.2 Å². The van der Waals surface area contributed by atoms with Crippen molar-refractivity contribution in [3.05, 3.63) is 35.9 Å². The molecule has 3 nitrogen and oxygen atoms in total. The highest BCUT2D eigenvalue weighted by Gasteiger charge is 2.56. The van der Waals surface area contributed by atoms with Crippen molar-refractivity contribution in [1.29, 1.82) is 0 Å². The number of aliphatic hydroxyl groups is 1. The molecular formula is C13H15Cl2NO2. The summed E-state index contributed by atoms with van der Waals surface area (Å²) in [6, 6.07) is 9.63. The topological polar surface area (TPSA) is 49.3 Å². The van der Waals surface area contributed by atoms with Crippen molar-refractivity contribution in [3.63, 3.8) is 0 Å². The monoisotopic (exact) mass is 287 g/mol. The van der Waals surface area contributed by atoms with Gasteiger partial charge < -0.3 is 10.4 Å². The fraction of sp³-hybridized carbons (Fsp3) is 0.462. The summed E-state index contributed by atoms with van der Waals surface area (Å²) in [6.45, 7) is 0.216. The zero-order chi connectivity index (χ0) is 13.2. The number of carbonyl (C=O) groups excluding carboxylic acids is 1. The van der Waals surface area contributed by atoms with Crippen LogP contribution >= 0.6 is 23.2 Å². The fourth-order valence-electron chi connectivity index (χ4n) is 1.80. The summed E-state index contributed by atoms with van der Waals surface area (Å²) in [6.07, 6.45) is 0.394. The first kappa shape index (κ1) is 13.7. The van der Waals surface area contributed by atoms with Crippen LogP contribution in [0, 0.1) is 5.92 Å². The molecule has 0 aliphatic heterocycles. The zero-order valence-electron chi connectivity index (χ0n) is 9.77. The molecule has 1 aliphatic carbocycles. The molecule has 5 heteroatoms. The van der Waals surface area contributed by atoms with E-state index in [0.717, 1.165) is 5.56 Å². The van der Waals surface area contributed by atoms with E-state index in [1.165, 1.54) is 0 Å². The molecule has 2 atom stereocenters. The van der Waals surface area contributed by atoms with Crippen LogP contribution in [0.2, 0.25) is 0 Å². The van der Waals surface area contributed by atoms with Gasteiger partial charge in [-0.25, -0.2) is 0 Å². The Bertz CT molecular complexity index is 422. The van der Waals surface area contributed by atoms with Gasteiger partial charge in [0.1, 0.15) is 4.33 Å². The van der Waals surface area contributed by atoms with E-state index in [9.17, 15) is 9.90 Å². The zero-order valence-corrected chi connectivity index (χ0v) is 11.3. The quantitative estimate of drug-likeness (QED) is 0.813. The average Bonchev–Trinajstić information content (AvgIpc) is 2.97. The second kappa shape index (κ2) is 5.47. The number of alkyl halides is 2. The molecule has 2 unspecified atom stereocenters. The average molecular weight is 288 g/mol. The summed E-state index contributed by atoms with van der Waals surface area (Å²) in [4.78, 5) is 11.6. The Morgan fingerprint density at radius 1 is 1.44 bits per heavy atom. The lowest BCUT2D eigenvalue weighted by Crippen LogP contribution is -2.35. The van der Waals surface area contributed by atoms with Gasteiger partial charge in [0.15, 0.2) is 0 Å². The first-order chi connectivity index (χ1) is 8.49. The number of nitrogens with one attached hydrogen (secondary N) is 1. The number of aliphatic hydroxyl groups excluding tert-OH is 1. The van der Waals surface area contributed by atoms with E-state index in [0.29, 0.717) is 12.8 Å². The lowest BCUT2D eigenvalue weighted by molar-refractivity contribution is -0.122. The van der Waals surface area contributed by atoms with Gasteiger partial charge in [-0.2, -0.15) is 0 Å². The van der Waals surface area contributed by atoms with Crippen molar-refractivity contribution in [3.8, 4) is 0 Å². The molecule has 0 bridgehead atoms. The number of hydrogen-bond acceptors (Lipinski definition) is 2. The Morgan fingerprint density at radius 2 is 2.06 bits per heavy atom. The van der Waals surface area contributed by atoms with Gasteiger partial charge in [-0.3, -0.25) is 4.79 Å². The van der Waals surface area contributed by atoms with E-state index in [1.54, 1.807) is 0 Å². The van der Waals surface area contributed by atoms with Crippen LogP contribution in [0.1, 0.15) is 12.0 Å². The van der Waals surface area contributed by atoms with E-state index >= 15 is 0 Å². The van der Waals surface area contributed by atoms with Crippen LogP contribution in [0.15, 0.2) is 30.3 Å². The molecule has 1 saturated carbocycles. The standard InChI is InChI=1S/C13H15Cl2NO2/c14-13(15)7-11(13)12(18)16-8-10(17)6-9-4-2-1-3-5-9/h1-5,10-11,17H,6-8H2,(H,16,18). The lowest BCUT2D eigenvalue weighted by atomic mass is 10.1. The molecule has 2 N–H and O–H groups in total. The Hall–Kier alpha value is -0.770. The van der Waals surface area contributed by atoms with Crippen LogP contribution in [0.25, 0.3) is 0 Å². The van der Waals surface area contributed by atoms with Gasteiger partial charge in [0, 0.05) is 13.0 Å². The normalized spacial score (nSPS) is 22.3. The second-order valence-corrected chi connectivity index (χ2v) is 6.15. The van der Waals surface area contributed by atoms with Crippen LogP contribution in [-0.2, 0) is 11.2 Å². The number of benzene rings is 1. The van der Waals surface area contributed by atoms with Crippen molar-refractivity contribution in [2.24, 2.45) is 5.92 Å². The maximum atomic E-state index is 11.6. The van der Waals surface area contributed by atoms with Crippen molar-refractivity contribution in [2.45, 2.75) is 23.3 Å². The summed E-state index contributed by atoms with van der Waals surface area (Å²) in [5, 5.41) is 12.5. The van der Waals surface area contributed by atoms with E-state index in [1.807, 2.05) is 30.3 Å². The predicted molar refractivity (Wildman–Crippen MR) is 71.7 cm³/mol. The van der Waals surface area contributed by atoms with E-state index in [2.05, 4.69) is 5.32 Å². The molecule has 0 aromatic heterocycles. The predicted octanol–water partition coefficient (Wildman–Crippen LogP) is 1.90. The van der Waals surface area contributed by atoms with Crippen molar-refractivity contribution in [1.82, 2.24) is 5.32 Å². The Labute approximate surface area is 116 Å². The second-order valence-electron chi connectivity index (χ2n) is 4.61. The molecule has 0 heterocycles. The summed E-state index contributed by atoms with van der Waals surface area (Å²) >= 11 is 11.6. The highest BCUT2D eigenvalue weighted by molar-refractivity contribution is 6.52. The summed E-state index contributed by atoms with van der Waals surface area (Å²) < 4.78 is -0.908. The van der Waals surface area contributed by atoms with Crippen LogP contribution in [-0.4, -0.2) is 28.0 Å².